The van der Waals surface area contributed by atoms with Crippen LogP contribution in [0.25, 0.3) is 0 Å². The first-order valence-electron chi connectivity index (χ1n) is 3.55. The normalized spacial score (nSPS) is 10.2. The van der Waals surface area contributed by atoms with Gasteiger partial charge in [0.25, 0.3) is 0 Å². The van der Waals surface area contributed by atoms with Gasteiger partial charge in [0, 0.05) is 5.56 Å². The van der Waals surface area contributed by atoms with Crippen LogP contribution in [0.2, 0.25) is 10.3 Å². The van der Waals surface area contributed by atoms with Crippen molar-refractivity contribution in [2.24, 2.45) is 0 Å². The zero-order chi connectivity index (χ0) is 8.97. The third kappa shape index (κ3) is 2.30. The monoisotopic (exact) mass is 205 g/mol. The van der Waals surface area contributed by atoms with Crippen molar-refractivity contribution in [3.05, 3.63) is 22.2 Å². The summed E-state index contributed by atoms with van der Waals surface area (Å²) >= 11 is 11.6. The van der Waals surface area contributed by atoms with Gasteiger partial charge in [0.15, 0.2) is 0 Å². The molecule has 0 amide bonds. The van der Waals surface area contributed by atoms with E-state index < -0.39 is 0 Å². The number of nitrogens with zero attached hydrogens (tertiary/aromatic N) is 2. The Morgan fingerprint density at radius 1 is 1.33 bits per heavy atom. The first kappa shape index (κ1) is 9.71. The molecule has 1 N–H and O–H groups in total. The lowest BCUT2D eigenvalue weighted by Gasteiger charge is -2.03. The maximum Gasteiger partial charge on any atom is 0.137 e. The van der Waals surface area contributed by atoms with Gasteiger partial charge in [-0.3, -0.25) is 0 Å². The average molecular weight is 206 g/mol. The SMILES string of the molecule is CNCCc1c(Cl)ncnc1Cl. The van der Waals surface area contributed by atoms with Gasteiger partial charge < -0.3 is 5.32 Å². The zero-order valence-electron chi connectivity index (χ0n) is 6.64. The molecule has 3 nitrogen and oxygen atoms in total. The number of nitrogens with one attached hydrogen (secondary N) is 1. The molecule has 0 fully saturated rings. The highest BCUT2D eigenvalue weighted by Gasteiger charge is 2.06. The van der Waals surface area contributed by atoms with Gasteiger partial charge in [0.1, 0.15) is 16.6 Å². The fourth-order valence-electron chi connectivity index (χ4n) is 0.827. The van der Waals surface area contributed by atoms with Crippen molar-refractivity contribution < 1.29 is 0 Å². The van der Waals surface area contributed by atoms with Crippen molar-refractivity contribution in [2.45, 2.75) is 6.42 Å². The summed E-state index contributed by atoms with van der Waals surface area (Å²) in [4.78, 5) is 7.67. The Bertz CT molecular complexity index is 245. The van der Waals surface area contributed by atoms with E-state index in [2.05, 4.69) is 15.3 Å². The minimum Gasteiger partial charge on any atom is -0.319 e. The molecule has 1 aromatic heterocycles. The third-order valence-corrected chi connectivity index (χ3v) is 2.12. The van der Waals surface area contributed by atoms with Crippen molar-refractivity contribution >= 4 is 23.2 Å². The van der Waals surface area contributed by atoms with E-state index in [0.29, 0.717) is 10.3 Å². The topological polar surface area (TPSA) is 37.8 Å². The molecular formula is C7H9Cl2N3. The van der Waals surface area contributed by atoms with Crippen LogP contribution in [0.1, 0.15) is 5.56 Å². The molecule has 0 aromatic carbocycles. The Morgan fingerprint density at radius 3 is 2.42 bits per heavy atom. The Labute approximate surface area is 81.1 Å². The van der Waals surface area contributed by atoms with Crippen molar-refractivity contribution in [3.63, 3.8) is 0 Å². The number of aromatic nitrogens is 2. The minimum atomic E-state index is 0.435. The smallest absolute Gasteiger partial charge is 0.137 e. The molecule has 1 aromatic rings. The van der Waals surface area contributed by atoms with E-state index in [0.717, 1.165) is 18.5 Å². The van der Waals surface area contributed by atoms with Gasteiger partial charge in [0.05, 0.1) is 0 Å². The van der Waals surface area contributed by atoms with Gasteiger partial charge in [-0.15, -0.1) is 0 Å². The molecule has 0 unspecified atom stereocenters. The molecule has 0 bridgehead atoms. The predicted molar refractivity (Wildman–Crippen MR) is 49.7 cm³/mol. The predicted octanol–water partition coefficient (Wildman–Crippen LogP) is 1.55. The summed E-state index contributed by atoms with van der Waals surface area (Å²) in [6, 6.07) is 0. The molecule has 0 saturated heterocycles. The van der Waals surface area contributed by atoms with Crippen LogP contribution in [0.4, 0.5) is 0 Å². The maximum absolute atomic E-state index is 5.80. The fraction of sp³-hybridized carbons (Fsp3) is 0.429. The molecule has 0 aliphatic carbocycles. The highest BCUT2D eigenvalue weighted by atomic mass is 35.5. The second kappa shape index (κ2) is 4.60. The second-order valence-electron chi connectivity index (χ2n) is 2.29. The molecule has 0 aliphatic rings. The van der Waals surface area contributed by atoms with Crippen LogP contribution >= 0.6 is 23.2 Å². The van der Waals surface area contributed by atoms with Crippen LogP contribution < -0.4 is 5.32 Å². The van der Waals surface area contributed by atoms with E-state index in [9.17, 15) is 0 Å². The van der Waals surface area contributed by atoms with Crippen LogP contribution in [-0.4, -0.2) is 23.6 Å². The first-order valence-corrected chi connectivity index (χ1v) is 4.30. The van der Waals surface area contributed by atoms with E-state index in [1.54, 1.807) is 0 Å². The van der Waals surface area contributed by atoms with Crippen LogP contribution in [0.3, 0.4) is 0 Å². The summed E-state index contributed by atoms with van der Waals surface area (Å²) in [7, 11) is 1.87. The zero-order valence-corrected chi connectivity index (χ0v) is 8.15. The van der Waals surface area contributed by atoms with Crippen molar-refractivity contribution in [1.82, 2.24) is 15.3 Å². The van der Waals surface area contributed by atoms with Gasteiger partial charge in [-0.25, -0.2) is 9.97 Å². The lowest BCUT2D eigenvalue weighted by molar-refractivity contribution is 0.786. The van der Waals surface area contributed by atoms with E-state index in [4.69, 9.17) is 23.2 Å². The summed E-state index contributed by atoms with van der Waals surface area (Å²) in [5.41, 5.74) is 0.801. The molecule has 0 atom stereocenters. The molecule has 0 saturated carbocycles. The van der Waals surface area contributed by atoms with Gasteiger partial charge >= 0.3 is 0 Å². The van der Waals surface area contributed by atoms with Crippen molar-refractivity contribution in [2.75, 3.05) is 13.6 Å². The molecule has 12 heavy (non-hydrogen) atoms. The summed E-state index contributed by atoms with van der Waals surface area (Å²) in [6.45, 7) is 0.812. The van der Waals surface area contributed by atoms with E-state index in [-0.39, 0.29) is 0 Å². The standard InChI is InChI=1S/C7H9Cl2N3/c1-10-3-2-5-6(8)11-4-12-7(5)9/h4,10H,2-3H2,1H3. The summed E-state index contributed by atoms with van der Waals surface area (Å²) in [5, 5.41) is 3.87. The Balaban J connectivity index is 2.81. The van der Waals surface area contributed by atoms with Crippen LogP contribution in [-0.2, 0) is 6.42 Å². The van der Waals surface area contributed by atoms with Crippen LogP contribution in [0, 0.1) is 0 Å². The van der Waals surface area contributed by atoms with Crippen molar-refractivity contribution in [3.8, 4) is 0 Å². The molecule has 1 heterocycles. The lowest BCUT2D eigenvalue weighted by Crippen LogP contribution is -2.11. The molecule has 1 rings (SSSR count). The second-order valence-corrected chi connectivity index (χ2v) is 3.00. The average Bonchev–Trinajstić information content (AvgIpc) is 2.04. The Kier molecular flexibility index (Phi) is 3.72. The number of halogens is 2. The number of likely N-dealkylation sites (N-methyl/N-ethyl adjacent to an activating group) is 1. The largest absolute Gasteiger partial charge is 0.319 e. The first-order chi connectivity index (χ1) is 5.75. The maximum atomic E-state index is 5.80. The van der Waals surface area contributed by atoms with Crippen LogP contribution in [0.15, 0.2) is 6.33 Å². The molecule has 0 radical (unpaired) electrons. The van der Waals surface area contributed by atoms with Crippen molar-refractivity contribution in [1.29, 1.82) is 0 Å². The third-order valence-electron chi connectivity index (χ3n) is 1.47. The molecule has 5 heteroatoms. The summed E-state index contributed by atoms with van der Waals surface area (Å²) < 4.78 is 0. The van der Waals surface area contributed by atoms with Gasteiger partial charge in [-0.05, 0) is 20.0 Å². The lowest BCUT2D eigenvalue weighted by atomic mass is 10.2. The number of hydrogen-bond donors (Lipinski definition) is 1. The molecule has 0 spiro atoms. The Hall–Kier alpha value is -0.380. The summed E-state index contributed by atoms with van der Waals surface area (Å²) in [5.74, 6) is 0. The van der Waals surface area contributed by atoms with E-state index in [1.165, 1.54) is 6.33 Å². The van der Waals surface area contributed by atoms with Gasteiger partial charge in [-0.1, -0.05) is 23.2 Å². The highest BCUT2D eigenvalue weighted by molar-refractivity contribution is 6.34. The number of rotatable bonds is 3. The molecule has 66 valence electrons. The minimum absolute atomic E-state index is 0.435. The van der Waals surface area contributed by atoms with E-state index in [1.807, 2.05) is 7.05 Å². The molecule has 0 aliphatic heterocycles. The van der Waals surface area contributed by atoms with E-state index >= 15 is 0 Å². The van der Waals surface area contributed by atoms with Gasteiger partial charge in [0.2, 0.25) is 0 Å². The number of hydrogen-bond acceptors (Lipinski definition) is 3. The fourth-order valence-corrected chi connectivity index (χ4v) is 1.33. The van der Waals surface area contributed by atoms with Crippen LogP contribution in [0.5, 0.6) is 0 Å². The highest BCUT2D eigenvalue weighted by Crippen LogP contribution is 2.19. The Morgan fingerprint density at radius 2 is 1.92 bits per heavy atom. The molecular weight excluding hydrogens is 197 g/mol. The quantitative estimate of drug-likeness (QED) is 0.762. The van der Waals surface area contributed by atoms with Gasteiger partial charge in [-0.2, -0.15) is 0 Å². The summed E-state index contributed by atoms with van der Waals surface area (Å²) in [6.07, 6.45) is 2.10.